The Morgan fingerprint density at radius 3 is 2.22 bits per heavy atom. The van der Waals surface area contributed by atoms with E-state index in [1.165, 1.54) is 24.3 Å². The molecule has 18 heavy (non-hydrogen) atoms. The summed E-state index contributed by atoms with van der Waals surface area (Å²) >= 11 is 11.2. The van der Waals surface area contributed by atoms with Crippen molar-refractivity contribution in [2.45, 2.75) is 10.3 Å². The Morgan fingerprint density at radius 1 is 1.33 bits per heavy atom. The number of carbonyl (C=O) groups is 1. The van der Waals surface area contributed by atoms with Crippen LogP contribution in [0.2, 0.25) is 5.02 Å². The van der Waals surface area contributed by atoms with E-state index in [0.29, 0.717) is 5.02 Å². The van der Waals surface area contributed by atoms with Gasteiger partial charge in [0.2, 0.25) is 9.84 Å². The molecule has 0 aliphatic carbocycles. The van der Waals surface area contributed by atoms with Gasteiger partial charge in [0.25, 0.3) is 0 Å². The molecule has 0 radical (unpaired) electrons. The molecule has 8 heteroatoms. The summed E-state index contributed by atoms with van der Waals surface area (Å²) in [5, 5.41) is 8.80. The van der Waals surface area contributed by atoms with Crippen LogP contribution in [0.5, 0.6) is 0 Å². The molecule has 0 fully saturated rings. The number of hydrogen-bond donors (Lipinski definition) is 2. The second kappa shape index (κ2) is 5.60. The molecule has 0 spiro atoms. The molecule has 1 unspecified atom stereocenters. The summed E-state index contributed by atoms with van der Waals surface area (Å²) in [4.78, 5) is 10.4. The summed E-state index contributed by atoms with van der Waals surface area (Å²) < 4.78 is 24.2. The third-order valence-corrected chi connectivity index (χ3v) is 4.54. The van der Waals surface area contributed by atoms with Crippen molar-refractivity contribution in [3.05, 3.63) is 40.9 Å². The zero-order chi connectivity index (χ0) is 13.9. The number of benzene rings is 1. The quantitative estimate of drug-likeness (QED) is 0.895. The minimum Gasteiger partial charge on any atom is -0.465 e. The first-order valence-corrected chi connectivity index (χ1v) is 6.88. The summed E-state index contributed by atoms with van der Waals surface area (Å²) in [5.74, 6) is 0. The van der Waals surface area contributed by atoms with E-state index >= 15 is 0 Å². The van der Waals surface area contributed by atoms with Crippen LogP contribution in [0, 0.1) is 0 Å². The van der Waals surface area contributed by atoms with Crippen molar-refractivity contribution in [1.82, 2.24) is 5.32 Å². The number of hydrogen-bond acceptors (Lipinski definition) is 3. The molecule has 1 aromatic rings. The van der Waals surface area contributed by atoms with Crippen molar-refractivity contribution in [3.8, 4) is 0 Å². The van der Waals surface area contributed by atoms with E-state index in [9.17, 15) is 13.2 Å². The van der Waals surface area contributed by atoms with Gasteiger partial charge in [-0.2, -0.15) is 0 Å². The topological polar surface area (TPSA) is 83.5 Å². The lowest BCUT2D eigenvalue weighted by Crippen LogP contribution is -2.40. The maximum absolute atomic E-state index is 12.1. The van der Waals surface area contributed by atoms with Crippen LogP contribution in [0.4, 0.5) is 4.79 Å². The zero-order valence-corrected chi connectivity index (χ0v) is 11.3. The number of amides is 1. The predicted octanol–water partition coefficient (Wildman–Crippen LogP) is 2.46. The van der Waals surface area contributed by atoms with E-state index in [2.05, 4.69) is 6.58 Å². The molecule has 1 aromatic carbocycles. The second-order valence-electron chi connectivity index (χ2n) is 3.28. The molecular weight excluding hydrogens is 301 g/mol. The molecule has 1 amide bonds. The number of carboxylic acid groups (broad SMARTS) is 1. The summed E-state index contributed by atoms with van der Waals surface area (Å²) in [7, 11) is -3.99. The summed E-state index contributed by atoms with van der Waals surface area (Å²) in [6.07, 6.45) is -1.51. The fourth-order valence-electron chi connectivity index (χ4n) is 1.20. The van der Waals surface area contributed by atoms with Crippen LogP contribution in [0.25, 0.3) is 0 Å². The number of halogens is 2. The SMILES string of the molecule is C=C(Cl)C(NC(=O)O)S(=O)(=O)c1ccc(Cl)cc1. The minimum atomic E-state index is -3.99. The average molecular weight is 310 g/mol. The zero-order valence-electron chi connectivity index (χ0n) is 8.93. The van der Waals surface area contributed by atoms with Crippen LogP contribution in [0.15, 0.2) is 40.8 Å². The van der Waals surface area contributed by atoms with E-state index < -0.39 is 21.3 Å². The van der Waals surface area contributed by atoms with Crippen LogP contribution in [-0.4, -0.2) is 25.0 Å². The van der Waals surface area contributed by atoms with E-state index in [1.807, 2.05) is 0 Å². The van der Waals surface area contributed by atoms with Crippen LogP contribution in [-0.2, 0) is 9.84 Å². The first kappa shape index (κ1) is 14.8. The van der Waals surface area contributed by atoms with Crippen LogP contribution >= 0.6 is 23.2 Å². The molecule has 0 heterocycles. The Hall–Kier alpha value is -1.24. The maximum Gasteiger partial charge on any atom is 0.406 e. The standard InChI is InChI=1S/C10H9Cl2NO4S/c1-6(11)9(13-10(14)15)18(16,17)8-4-2-7(12)3-5-8/h2-5,9,13H,1H2,(H,14,15). The van der Waals surface area contributed by atoms with Gasteiger partial charge in [0, 0.05) is 10.1 Å². The molecule has 5 nitrogen and oxygen atoms in total. The minimum absolute atomic E-state index is 0.104. The molecule has 1 atom stereocenters. The first-order valence-electron chi connectivity index (χ1n) is 4.58. The van der Waals surface area contributed by atoms with Crippen LogP contribution in [0.1, 0.15) is 0 Å². The molecule has 2 N–H and O–H groups in total. The Bertz CT molecular complexity index is 568. The monoisotopic (exact) mass is 309 g/mol. The molecule has 0 bridgehead atoms. The molecule has 98 valence electrons. The number of rotatable bonds is 4. The van der Waals surface area contributed by atoms with Gasteiger partial charge in [-0.15, -0.1) is 0 Å². The van der Waals surface area contributed by atoms with Crippen LogP contribution in [0.3, 0.4) is 0 Å². The van der Waals surface area contributed by atoms with Gasteiger partial charge in [-0.05, 0) is 24.3 Å². The van der Waals surface area contributed by atoms with Crippen molar-refractivity contribution in [3.63, 3.8) is 0 Å². The van der Waals surface area contributed by atoms with Crippen molar-refractivity contribution >= 4 is 39.1 Å². The van der Waals surface area contributed by atoms with E-state index in [4.69, 9.17) is 28.3 Å². The van der Waals surface area contributed by atoms with E-state index in [-0.39, 0.29) is 9.93 Å². The van der Waals surface area contributed by atoms with Gasteiger partial charge < -0.3 is 5.11 Å². The molecule has 0 aromatic heterocycles. The lowest BCUT2D eigenvalue weighted by Gasteiger charge is -2.16. The van der Waals surface area contributed by atoms with Crippen molar-refractivity contribution < 1.29 is 18.3 Å². The Kier molecular flexibility index (Phi) is 4.61. The first-order chi connectivity index (χ1) is 8.25. The van der Waals surface area contributed by atoms with Gasteiger partial charge >= 0.3 is 6.09 Å². The molecule has 0 saturated carbocycles. The third-order valence-electron chi connectivity index (χ3n) is 1.99. The highest BCUT2D eigenvalue weighted by Crippen LogP contribution is 2.22. The highest BCUT2D eigenvalue weighted by atomic mass is 35.5. The normalized spacial score (nSPS) is 12.8. The maximum atomic E-state index is 12.1. The summed E-state index contributed by atoms with van der Waals surface area (Å²) in [6, 6.07) is 5.27. The molecule has 0 aliphatic heterocycles. The van der Waals surface area contributed by atoms with Crippen molar-refractivity contribution in [2.75, 3.05) is 0 Å². The summed E-state index contributed by atoms with van der Waals surface area (Å²) in [6.45, 7) is 3.25. The largest absolute Gasteiger partial charge is 0.465 e. The predicted molar refractivity (Wildman–Crippen MR) is 68.6 cm³/mol. The lowest BCUT2D eigenvalue weighted by molar-refractivity contribution is 0.194. The average Bonchev–Trinajstić information content (AvgIpc) is 2.25. The van der Waals surface area contributed by atoms with Gasteiger partial charge in [0.05, 0.1) is 4.90 Å². The van der Waals surface area contributed by atoms with Crippen molar-refractivity contribution in [1.29, 1.82) is 0 Å². The second-order valence-corrected chi connectivity index (χ2v) is 6.23. The smallest absolute Gasteiger partial charge is 0.406 e. The molecule has 0 saturated heterocycles. The fourth-order valence-corrected chi connectivity index (χ4v) is 3.11. The Morgan fingerprint density at radius 2 is 1.83 bits per heavy atom. The van der Waals surface area contributed by atoms with Gasteiger partial charge in [0.1, 0.15) is 0 Å². The van der Waals surface area contributed by atoms with Gasteiger partial charge in [-0.25, -0.2) is 13.2 Å². The molecular formula is C10H9Cl2NO4S. The lowest BCUT2D eigenvalue weighted by atomic mass is 10.4. The van der Waals surface area contributed by atoms with Crippen molar-refractivity contribution in [2.24, 2.45) is 0 Å². The number of sulfone groups is 1. The molecule has 0 aliphatic rings. The van der Waals surface area contributed by atoms with Gasteiger partial charge in [0.15, 0.2) is 5.37 Å². The van der Waals surface area contributed by atoms with Gasteiger partial charge in [-0.3, -0.25) is 5.32 Å². The highest BCUT2D eigenvalue weighted by Gasteiger charge is 2.30. The fraction of sp³-hybridized carbons (Fsp3) is 0.100. The van der Waals surface area contributed by atoms with Gasteiger partial charge in [-0.1, -0.05) is 29.8 Å². The number of nitrogens with one attached hydrogen (secondary N) is 1. The third kappa shape index (κ3) is 3.38. The summed E-state index contributed by atoms with van der Waals surface area (Å²) in [5.41, 5.74) is 0. The molecule has 1 rings (SSSR count). The Balaban J connectivity index is 3.21. The Labute approximate surface area is 114 Å². The van der Waals surface area contributed by atoms with E-state index in [1.54, 1.807) is 5.32 Å². The van der Waals surface area contributed by atoms with E-state index in [0.717, 1.165) is 0 Å². The highest BCUT2D eigenvalue weighted by molar-refractivity contribution is 7.92. The van der Waals surface area contributed by atoms with Crippen LogP contribution < -0.4 is 5.32 Å².